The lowest BCUT2D eigenvalue weighted by Gasteiger charge is -2.14. The van der Waals surface area contributed by atoms with Gasteiger partial charge in [0.05, 0.1) is 0 Å². The van der Waals surface area contributed by atoms with E-state index in [4.69, 9.17) is 14.2 Å². The Kier molecular flexibility index (Phi) is 6.71. The van der Waals surface area contributed by atoms with Crippen LogP contribution in [0, 0.1) is 13.8 Å². The van der Waals surface area contributed by atoms with Crippen LogP contribution in [0.2, 0.25) is 0 Å². The van der Waals surface area contributed by atoms with Gasteiger partial charge in [0, 0.05) is 4.47 Å². The van der Waals surface area contributed by atoms with Crippen LogP contribution in [-0.2, 0) is 0 Å². The van der Waals surface area contributed by atoms with E-state index in [0.29, 0.717) is 30.3 Å². The molecule has 28 heavy (non-hydrogen) atoms. The van der Waals surface area contributed by atoms with Crippen molar-refractivity contribution in [2.75, 3.05) is 13.2 Å². The molecule has 0 fully saturated rings. The van der Waals surface area contributed by atoms with Crippen molar-refractivity contribution in [3.63, 3.8) is 0 Å². The molecule has 144 valence electrons. The van der Waals surface area contributed by atoms with Gasteiger partial charge >= 0.3 is 5.97 Å². The minimum absolute atomic E-state index is 0.315. The second-order valence-corrected chi connectivity index (χ2v) is 7.18. The molecule has 0 atom stereocenters. The molecule has 0 heterocycles. The lowest BCUT2D eigenvalue weighted by molar-refractivity contribution is 0.0726. The van der Waals surface area contributed by atoms with Crippen molar-refractivity contribution in [2.24, 2.45) is 0 Å². The van der Waals surface area contributed by atoms with Gasteiger partial charge in [0.1, 0.15) is 36.0 Å². The molecule has 3 rings (SSSR count). The maximum Gasteiger partial charge on any atom is 0.347 e. The van der Waals surface area contributed by atoms with Crippen molar-refractivity contribution in [2.45, 2.75) is 13.8 Å². The van der Waals surface area contributed by atoms with Gasteiger partial charge in [-0.25, -0.2) is 4.79 Å². The third-order valence-electron chi connectivity index (χ3n) is 4.08. The zero-order valence-corrected chi connectivity index (χ0v) is 17.4. The Hall–Kier alpha value is -2.79. The molecule has 0 aliphatic heterocycles. The van der Waals surface area contributed by atoms with E-state index in [0.717, 1.165) is 21.3 Å². The summed E-state index contributed by atoms with van der Waals surface area (Å²) in [5.41, 5.74) is 2.15. The van der Waals surface area contributed by atoms with Gasteiger partial charge in [-0.2, -0.15) is 0 Å². The Morgan fingerprint density at radius 2 is 1.46 bits per heavy atom. The first-order valence-electron chi connectivity index (χ1n) is 8.93. The molecule has 0 saturated carbocycles. The molecular formula is C23H21BrO4. The normalized spacial score (nSPS) is 10.4. The lowest BCUT2D eigenvalue weighted by Crippen LogP contribution is -2.14. The SMILES string of the molecule is Cc1cc(Br)cc(C)c1OC(=O)c1ccccc1OCCOc1ccccc1. The van der Waals surface area contributed by atoms with Gasteiger partial charge in [0.25, 0.3) is 0 Å². The highest BCUT2D eigenvalue weighted by Crippen LogP contribution is 2.29. The van der Waals surface area contributed by atoms with Gasteiger partial charge < -0.3 is 14.2 Å². The summed E-state index contributed by atoms with van der Waals surface area (Å²) >= 11 is 3.45. The van der Waals surface area contributed by atoms with Crippen molar-refractivity contribution in [3.8, 4) is 17.2 Å². The maximum absolute atomic E-state index is 12.7. The summed E-state index contributed by atoms with van der Waals surface area (Å²) in [5, 5.41) is 0. The van der Waals surface area contributed by atoms with Crippen LogP contribution in [0.4, 0.5) is 0 Å². The van der Waals surface area contributed by atoms with Crippen LogP contribution in [0.1, 0.15) is 21.5 Å². The van der Waals surface area contributed by atoms with Crippen LogP contribution >= 0.6 is 15.9 Å². The molecule has 0 unspecified atom stereocenters. The van der Waals surface area contributed by atoms with E-state index in [9.17, 15) is 4.79 Å². The van der Waals surface area contributed by atoms with Crippen LogP contribution in [0.5, 0.6) is 17.2 Å². The number of carbonyl (C=O) groups excluding carboxylic acids is 1. The van der Waals surface area contributed by atoms with Crippen LogP contribution in [0.15, 0.2) is 71.2 Å². The summed E-state index contributed by atoms with van der Waals surface area (Å²) in [6.45, 7) is 4.50. The predicted octanol–water partition coefficient (Wildman–Crippen LogP) is 5.74. The van der Waals surface area contributed by atoms with E-state index >= 15 is 0 Å². The predicted molar refractivity (Wildman–Crippen MR) is 112 cm³/mol. The number of ether oxygens (including phenoxy) is 3. The standard InChI is InChI=1S/C23H21BrO4/c1-16-14-18(24)15-17(2)22(16)28-23(25)20-10-6-7-11-21(20)27-13-12-26-19-8-4-3-5-9-19/h3-11,14-15H,12-13H2,1-2H3. The van der Waals surface area contributed by atoms with E-state index in [2.05, 4.69) is 15.9 Å². The van der Waals surface area contributed by atoms with Gasteiger partial charge in [-0.1, -0.05) is 46.3 Å². The van der Waals surface area contributed by atoms with Crippen molar-refractivity contribution in [1.29, 1.82) is 0 Å². The Morgan fingerprint density at radius 1 is 0.857 bits per heavy atom. The summed E-state index contributed by atoms with van der Waals surface area (Å²) < 4.78 is 18.0. The average Bonchev–Trinajstić information content (AvgIpc) is 2.69. The van der Waals surface area contributed by atoms with Gasteiger partial charge in [-0.05, 0) is 61.4 Å². The number of rotatable bonds is 7. The largest absolute Gasteiger partial charge is 0.490 e. The zero-order valence-electron chi connectivity index (χ0n) is 15.8. The summed E-state index contributed by atoms with van der Waals surface area (Å²) in [6, 6.07) is 20.4. The summed E-state index contributed by atoms with van der Waals surface area (Å²) in [5.74, 6) is 1.36. The molecule has 0 bridgehead atoms. The van der Waals surface area contributed by atoms with Crippen LogP contribution in [-0.4, -0.2) is 19.2 Å². The third kappa shape index (κ3) is 5.14. The molecule has 5 heteroatoms. The minimum atomic E-state index is -0.451. The summed E-state index contributed by atoms with van der Waals surface area (Å²) in [6.07, 6.45) is 0. The molecule has 0 aliphatic rings. The molecule has 3 aromatic rings. The highest BCUT2D eigenvalue weighted by atomic mass is 79.9. The Morgan fingerprint density at radius 3 is 2.18 bits per heavy atom. The Balaban J connectivity index is 1.65. The topological polar surface area (TPSA) is 44.8 Å². The van der Waals surface area contributed by atoms with E-state index in [-0.39, 0.29) is 0 Å². The molecule has 0 saturated heterocycles. The fraction of sp³-hybridized carbons (Fsp3) is 0.174. The molecule has 0 aromatic heterocycles. The first-order valence-corrected chi connectivity index (χ1v) is 9.72. The number of para-hydroxylation sites is 2. The first kappa shape index (κ1) is 20.0. The molecule has 0 spiro atoms. The number of aryl methyl sites for hydroxylation is 2. The zero-order chi connectivity index (χ0) is 19.9. The highest BCUT2D eigenvalue weighted by Gasteiger charge is 2.17. The highest BCUT2D eigenvalue weighted by molar-refractivity contribution is 9.10. The number of carbonyl (C=O) groups is 1. The van der Waals surface area contributed by atoms with Crippen molar-refractivity contribution in [1.82, 2.24) is 0 Å². The fourth-order valence-electron chi connectivity index (χ4n) is 2.80. The van der Waals surface area contributed by atoms with E-state index < -0.39 is 5.97 Å². The minimum Gasteiger partial charge on any atom is -0.490 e. The lowest BCUT2D eigenvalue weighted by atomic mass is 10.1. The molecule has 0 aliphatic carbocycles. The third-order valence-corrected chi connectivity index (χ3v) is 4.54. The van der Waals surface area contributed by atoms with Gasteiger partial charge in [-0.15, -0.1) is 0 Å². The second-order valence-electron chi connectivity index (χ2n) is 6.26. The van der Waals surface area contributed by atoms with Gasteiger partial charge in [0.2, 0.25) is 0 Å². The van der Waals surface area contributed by atoms with E-state index in [1.54, 1.807) is 18.2 Å². The van der Waals surface area contributed by atoms with E-state index in [1.165, 1.54) is 0 Å². The molecule has 4 nitrogen and oxygen atoms in total. The van der Waals surface area contributed by atoms with Gasteiger partial charge in [-0.3, -0.25) is 0 Å². The van der Waals surface area contributed by atoms with Crippen LogP contribution in [0.3, 0.4) is 0 Å². The van der Waals surface area contributed by atoms with Crippen molar-refractivity contribution in [3.05, 3.63) is 87.9 Å². The summed E-state index contributed by atoms with van der Waals surface area (Å²) in [4.78, 5) is 12.7. The van der Waals surface area contributed by atoms with Crippen molar-refractivity contribution >= 4 is 21.9 Å². The average molecular weight is 441 g/mol. The number of hydrogen-bond acceptors (Lipinski definition) is 4. The molecular weight excluding hydrogens is 420 g/mol. The monoisotopic (exact) mass is 440 g/mol. The number of halogens is 1. The smallest absolute Gasteiger partial charge is 0.347 e. The Bertz CT molecular complexity index is 931. The fourth-order valence-corrected chi connectivity index (χ4v) is 3.48. The number of hydrogen-bond donors (Lipinski definition) is 0. The van der Waals surface area contributed by atoms with E-state index in [1.807, 2.05) is 62.4 Å². The number of esters is 1. The molecule has 0 N–H and O–H groups in total. The second kappa shape index (κ2) is 9.42. The quantitative estimate of drug-likeness (QED) is 0.266. The Labute approximate surface area is 173 Å². The molecule has 3 aromatic carbocycles. The molecule has 0 radical (unpaired) electrons. The van der Waals surface area contributed by atoms with Crippen LogP contribution < -0.4 is 14.2 Å². The van der Waals surface area contributed by atoms with Crippen LogP contribution in [0.25, 0.3) is 0 Å². The van der Waals surface area contributed by atoms with Gasteiger partial charge in [0.15, 0.2) is 0 Å². The first-order chi connectivity index (χ1) is 13.5. The summed E-state index contributed by atoms with van der Waals surface area (Å²) in [7, 11) is 0. The maximum atomic E-state index is 12.7. The molecule has 0 amide bonds. The van der Waals surface area contributed by atoms with Crippen molar-refractivity contribution < 1.29 is 19.0 Å². The number of benzene rings is 3.